The highest BCUT2D eigenvalue weighted by atomic mass is 19.1. The number of likely N-dealkylation sites (N-methyl/N-ethyl adjacent to an activating group) is 1. The second-order valence-corrected chi connectivity index (χ2v) is 6.23. The van der Waals surface area contributed by atoms with E-state index in [0.717, 1.165) is 12.5 Å². The molecule has 1 saturated heterocycles. The van der Waals surface area contributed by atoms with Crippen molar-refractivity contribution in [1.82, 2.24) is 10.2 Å². The van der Waals surface area contributed by atoms with Gasteiger partial charge in [0.05, 0.1) is 18.7 Å². The van der Waals surface area contributed by atoms with E-state index in [4.69, 9.17) is 9.47 Å². The Kier molecular flexibility index (Phi) is 7.46. The summed E-state index contributed by atoms with van der Waals surface area (Å²) in [5.41, 5.74) is -0.787. The van der Waals surface area contributed by atoms with E-state index in [1.54, 1.807) is 12.1 Å². The Hall–Kier alpha value is -1.86. The van der Waals surface area contributed by atoms with Crippen LogP contribution in [0, 0.1) is 5.82 Å². The van der Waals surface area contributed by atoms with E-state index in [1.165, 1.54) is 12.1 Å². The maximum atomic E-state index is 12.9. The molecule has 0 saturated carbocycles. The minimum Gasteiger partial charge on any atom is -0.492 e. The summed E-state index contributed by atoms with van der Waals surface area (Å²) in [4.78, 5) is 6.52. The molecule has 0 atom stereocenters. The van der Waals surface area contributed by atoms with Crippen molar-refractivity contribution in [2.45, 2.75) is 25.4 Å². The van der Waals surface area contributed by atoms with Gasteiger partial charge in [-0.2, -0.15) is 0 Å². The Labute approximate surface area is 148 Å². The van der Waals surface area contributed by atoms with Crippen LogP contribution in [-0.2, 0) is 4.74 Å². The van der Waals surface area contributed by atoms with Crippen LogP contribution in [0.3, 0.4) is 0 Å². The molecule has 2 rings (SSSR count). The molecule has 0 unspecified atom stereocenters. The first-order chi connectivity index (χ1) is 12.0. The summed E-state index contributed by atoms with van der Waals surface area (Å²) in [6, 6.07) is 5.96. The monoisotopic (exact) mass is 353 g/mol. The van der Waals surface area contributed by atoms with Gasteiger partial charge in [-0.25, -0.2) is 4.39 Å². The highest BCUT2D eigenvalue weighted by molar-refractivity contribution is 5.79. The maximum Gasteiger partial charge on any atom is 0.193 e. The molecule has 6 nitrogen and oxygen atoms in total. The fraction of sp³-hybridized carbons (Fsp3) is 0.611. The average molecular weight is 353 g/mol. The Morgan fingerprint density at radius 2 is 2.04 bits per heavy atom. The van der Waals surface area contributed by atoms with Gasteiger partial charge in [0.2, 0.25) is 0 Å². The van der Waals surface area contributed by atoms with E-state index in [-0.39, 0.29) is 5.82 Å². The first kappa shape index (κ1) is 19.5. The predicted octanol–water partition coefficient (Wildman–Crippen LogP) is 1.64. The number of hydrogen-bond donors (Lipinski definition) is 2. The first-order valence-corrected chi connectivity index (χ1v) is 8.70. The van der Waals surface area contributed by atoms with Gasteiger partial charge in [0.25, 0.3) is 0 Å². The number of aliphatic imine (C=N–C) groups is 1. The lowest BCUT2D eigenvalue weighted by molar-refractivity contribution is -0.0566. The van der Waals surface area contributed by atoms with Crippen LogP contribution in [0.15, 0.2) is 29.3 Å². The summed E-state index contributed by atoms with van der Waals surface area (Å²) in [6.07, 6.45) is 1.21. The van der Waals surface area contributed by atoms with Crippen molar-refractivity contribution in [2.24, 2.45) is 4.99 Å². The van der Waals surface area contributed by atoms with E-state index >= 15 is 0 Å². The van der Waals surface area contributed by atoms with Gasteiger partial charge in [0.1, 0.15) is 18.2 Å². The van der Waals surface area contributed by atoms with Crippen molar-refractivity contribution in [2.75, 3.05) is 46.5 Å². The molecule has 2 N–H and O–H groups in total. The Morgan fingerprint density at radius 1 is 1.36 bits per heavy atom. The number of hydrogen-bond acceptors (Lipinski definition) is 4. The molecule has 0 bridgehead atoms. The van der Waals surface area contributed by atoms with Crippen LogP contribution in [-0.4, -0.2) is 68.1 Å². The highest BCUT2D eigenvalue weighted by Gasteiger charge is 2.29. The number of ether oxygens (including phenoxy) is 2. The maximum absolute atomic E-state index is 12.9. The van der Waals surface area contributed by atoms with Gasteiger partial charge in [0, 0.05) is 39.6 Å². The minimum atomic E-state index is -0.787. The van der Waals surface area contributed by atoms with Crippen LogP contribution in [0.1, 0.15) is 19.8 Å². The summed E-state index contributed by atoms with van der Waals surface area (Å²) >= 11 is 0. The van der Waals surface area contributed by atoms with Crippen molar-refractivity contribution in [3.05, 3.63) is 30.1 Å². The molecule has 1 aliphatic rings. The molecule has 1 aromatic rings. The standard InChI is InChI=1S/C18H28FN3O3/c1-3-20-17(21-14-18(23)8-11-24-12-9-18)22(2)10-13-25-16-6-4-15(19)5-7-16/h4-7,23H,3,8-14H2,1-2H3,(H,20,21). The van der Waals surface area contributed by atoms with Crippen molar-refractivity contribution >= 4 is 5.96 Å². The zero-order valence-electron chi connectivity index (χ0n) is 15.0. The minimum absolute atomic E-state index is 0.280. The number of guanidine groups is 1. The smallest absolute Gasteiger partial charge is 0.193 e. The molecular formula is C18H28FN3O3. The molecule has 0 aromatic heterocycles. The first-order valence-electron chi connectivity index (χ1n) is 8.70. The van der Waals surface area contributed by atoms with Crippen LogP contribution in [0.25, 0.3) is 0 Å². The van der Waals surface area contributed by atoms with Crippen LogP contribution in [0.5, 0.6) is 5.75 Å². The third-order valence-corrected chi connectivity index (χ3v) is 4.15. The van der Waals surface area contributed by atoms with Crippen molar-refractivity contribution < 1.29 is 19.0 Å². The van der Waals surface area contributed by atoms with E-state index in [0.29, 0.717) is 51.5 Å². The number of halogens is 1. The summed E-state index contributed by atoms with van der Waals surface area (Å²) in [5, 5.41) is 13.8. The number of benzene rings is 1. The molecule has 0 amide bonds. The van der Waals surface area contributed by atoms with Gasteiger partial charge in [-0.3, -0.25) is 4.99 Å². The van der Waals surface area contributed by atoms with Gasteiger partial charge in [-0.1, -0.05) is 0 Å². The fourth-order valence-corrected chi connectivity index (χ4v) is 2.54. The quantitative estimate of drug-likeness (QED) is 0.576. The van der Waals surface area contributed by atoms with Crippen LogP contribution < -0.4 is 10.1 Å². The largest absolute Gasteiger partial charge is 0.492 e. The van der Waals surface area contributed by atoms with Gasteiger partial charge >= 0.3 is 0 Å². The Morgan fingerprint density at radius 3 is 2.68 bits per heavy atom. The second-order valence-electron chi connectivity index (χ2n) is 6.23. The lowest BCUT2D eigenvalue weighted by Crippen LogP contribution is -2.44. The number of nitrogens with one attached hydrogen (secondary N) is 1. The zero-order chi connectivity index (χ0) is 18.1. The van der Waals surface area contributed by atoms with E-state index in [2.05, 4.69) is 10.3 Å². The number of aliphatic hydroxyl groups is 1. The second kappa shape index (κ2) is 9.58. The van der Waals surface area contributed by atoms with Crippen LogP contribution in [0.2, 0.25) is 0 Å². The molecule has 1 heterocycles. The zero-order valence-corrected chi connectivity index (χ0v) is 15.0. The fourth-order valence-electron chi connectivity index (χ4n) is 2.54. The highest BCUT2D eigenvalue weighted by Crippen LogP contribution is 2.20. The molecule has 1 aliphatic heterocycles. The van der Waals surface area contributed by atoms with Crippen LogP contribution in [0.4, 0.5) is 4.39 Å². The van der Waals surface area contributed by atoms with Gasteiger partial charge in [-0.05, 0) is 31.2 Å². The van der Waals surface area contributed by atoms with E-state index in [1.807, 2.05) is 18.9 Å². The normalized spacial score (nSPS) is 17.2. The number of rotatable bonds is 7. The summed E-state index contributed by atoms with van der Waals surface area (Å²) < 4.78 is 23.8. The molecule has 1 fully saturated rings. The van der Waals surface area contributed by atoms with Crippen molar-refractivity contribution in [3.63, 3.8) is 0 Å². The van der Waals surface area contributed by atoms with Gasteiger partial charge in [0.15, 0.2) is 5.96 Å². The van der Waals surface area contributed by atoms with Crippen molar-refractivity contribution in [1.29, 1.82) is 0 Å². The lowest BCUT2D eigenvalue weighted by Gasteiger charge is -2.31. The molecule has 1 aromatic carbocycles. The third-order valence-electron chi connectivity index (χ3n) is 4.15. The molecule has 0 radical (unpaired) electrons. The van der Waals surface area contributed by atoms with Gasteiger partial charge in [-0.15, -0.1) is 0 Å². The predicted molar refractivity (Wildman–Crippen MR) is 95.5 cm³/mol. The van der Waals surface area contributed by atoms with Gasteiger partial charge < -0.3 is 24.8 Å². The SMILES string of the molecule is CCNC(=NCC1(O)CCOCC1)N(C)CCOc1ccc(F)cc1. The molecular weight excluding hydrogens is 325 g/mol. The number of nitrogens with zero attached hydrogens (tertiary/aromatic N) is 2. The van der Waals surface area contributed by atoms with Crippen molar-refractivity contribution in [3.8, 4) is 5.75 Å². The lowest BCUT2D eigenvalue weighted by atomic mass is 9.95. The molecule has 25 heavy (non-hydrogen) atoms. The molecule has 0 spiro atoms. The average Bonchev–Trinajstić information content (AvgIpc) is 2.61. The topological polar surface area (TPSA) is 66.3 Å². The third kappa shape index (κ3) is 6.51. The molecule has 7 heteroatoms. The molecule has 140 valence electrons. The Balaban J connectivity index is 1.84. The summed E-state index contributed by atoms with van der Waals surface area (Å²) in [5.74, 6) is 1.08. The Bertz CT molecular complexity index is 545. The van der Waals surface area contributed by atoms with Crippen LogP contribution >= 0.6 is 0 Å². The summed E-state index contributed by atoms with van der Waals surface area (Å²) in [6.45, 7) is 5.30. The molecule has 0 aliphatic carbocycles. The van der Waals surface area contributed by atoms with E-state index in [9.17, 15) is 9.50 Å². The van der Waals surface area contributed by atoms with E-state index < -0.39 is 5.60 Å². The summed E-state index contributed by atoms with van der Waals surface area (Å²) in [7, 11) is 1.92.